The van der Waals surface area contributed by atoms with E-state index in [0.717, 1.165) is 12.2 Å². The minimum Gasteiger partial charge on any atom is -0.381 e. The highest BCUT2D eigenvalue weighted by molar-refractivity contribution is 7.98. The largest absolute Gasteiger partial charge is 0.381 e. The Morgan fingerprint density at radius 2 is 1.84 bits per heavy atom. The lowest BCUT2D eigenvalue weighted by atomic mass is 10.1. The van der Waals surface area contributed by atoms with Crippen molar-refractivity contribution in [3.8, 4) is 0 Å². The summed E-state index contributed by atoms with van der Waals surface area (Å²) in [5.41, 5.74) is 3.66. The van der Waals surface area contributed by atoms with E-state index in [9.17, 15) is 0 Å². The Bertz CT molecular complexity index is 528. The van der Waals surface area contributed by atoms with E-state index in [2.05, 4.69) is 54.0 Å². The first-order valence-electron chi connectivity index (χ1n) is 6.27. The van der Waals surface area contributed by atoms with Crippen LogP contribution in [0.1, 0.15) is 11.1 Å². The first-order chi connectivity index (χ1) is 9.33. The number of methoxy groups -OCH3 is 1. The lowest BCUT2D eigenvalue weighted by Crippen LogP contribution is -2.03. The molecular weight excluding hydrogens is 254 g/mol. The molecule has 0 amide bonds. The fraction of sp³-hybridized carbons (Fsp3) is 0.250. The second-order valence-corrected chi connectivity index (χ2v) is 5.17. The van der Waals surface area contributed by atoms with Gasteiger partial charge in [-0.15, -0.1) is 11.8 Å². The molecule has 0 atom stereocenters. The number of hydrogen-bond acceptors (Lipinski definition) is 3. The van der Waals surface area contributed by atoms with E-state index >= 15 is 0 Å². The number of rotatable bonds is 6. The van der Waals surface area contributed by atoms with Gasteiger partial charge in [-0.3, -0.25) is 0 Å². The summed E-state index contributed by atoms with van der Waals surface area (Å²) in [5.74, 6) is 0. The second-order valence-electron chi connectivity index (χ2n) is 4.29. The highest BCUT2D eigenvalue weighted by Gasteiger charge is 2.01. The number of ether oxygens (including phenoxy) is 1. The predicted molar refractivity (Wildman–Crippen MR) is 82.7 cm³/mol. The number of benzene rings is 2. The van der Waals surface area contributed by atoms with Crippen LogP contribution in [0.3, 0.4) is 0 Å². The van der Waals surface area contributed by atoms with Crippen LogP contribution < -0.4 is 5.32 Å². The van der Waals surface area contributed by atoms with Gasteiger partial charge in [-0.25, -0.2) is 0 Å². The summed E-state index contributed by atoms with van der Waals surface area (Å²) in [6, 6.07) is 16.8. The van der Waals surface area contributed by atoms with Crippen LogP contribution in [0, 0.1) is 0 Å². The zero-order valence-corrected chi connectivity index (χ0v) is 12.2. The van der Waals surface area contributed by atoms with Crippen molar-refractivity contribution in [1.29, 1.82) is 0 Å². The van der Waals surface area contributed by atoms with Crippen LogP contribution in [-0.4, -0.2) is 13.4 Å². The van der Waals surface area contributed by atoms with Gasteiger partial charge in [0, 0.05) is 24.2 Å². The van der Waals surface area contributed by atoms with Crippen molar-refractivity contribution in [2.75, 3.05) is 18.7 Å². The van der Waals surface area contributed by atoms with Gasteiger partial charge < -0.3 is 10.1 Å². The monoisotopic (exact) mass is 273 g/mol. The van der Waals surface area contributed by atoms with Crippen LogP contribution >= 0.6 is 11.8 Å². The SMILES string of the molecule is COCc1ccccc1CNc1cccc(SC)c1. The van der Waals surface area contributed by atoms with E-state index in [0.29, 0.717) is 6.61 Å². The van der Waals surface area contributed by atoms with Gasteiger partial charge in [0.15, 0.2) is 0 Å². The summed E-state index contributed by atoms with van der Waals surface area (Å²) in [5, 5.41) is 3.47. The van der Waals surface area contributed by atoms with Crippen molar-refractivity contribution in [3.05, 3.63) is 59.7 Å². The van der Waals surface area contributed by atoms with Gasteiger partial charge in [-0.2, -0.15) is 0 Å². The van der Waals surface area contributed by atoms with Gasteiger partial charge in [0.25, 0.3) is 0 Å². The molecule has 0 aliphatic rings. The van der Waals surface area contributed by atoms with Gasteiger partial charge in [0.1, 0.15) is 0 Å². The molecule has 0 heterocycles. The first kappa shape index (κ1) is 14.0. The smallest absolute Gasteiger partial charge is 0.0716 e. The van der Waals surface area contributed by atoms with Crippen molar-refractivity contribution < 1.29 is 4.74 Å². The molecule has 2 nitrogen and oxygen atoms in total. The summed E-state index contributed by atoms with van der Waals surface area (Å²) >= 11 is 1.76. The molecule has 100 valence electrons. The Morgan fingerprint density at radius 1 is 1.05 bits per heavy atom. The Hall–Kier alpha value is -1.45. The van der Waals surface area contributed by atoms with E-state index in [-0.39, 0.29) is 0 Å². The highest BCUT2D eigenvalue weighted by atomic mass is 32.2. The zero-order valence-electron chi connectivity index (χ0n) is 11.3. The van der Waals surface area contributed by atoms with Crippen LogP contribution in [0.15, 0.2) is 53.4 Å². The molecule has 0 aliphatic heterocycles. The van der Waals surface area contributed by atoms with Crippen molar-refractivity contribution in [1.82, 2.24) is 0 Å². The van der Waals surface area contributed by atoms with Crippen molar-refractivity contribution >= 4 is 17.4 Å². The van der Waals surface area contributed by atoms with Gasteiger partial charge in [0.05, 0.1) is 6.61 Å². The quantitative estimate of drug-likeness (QED) is 0.798. The molecule has 3 heteroatoms. The van der Waals surface area contributed by atoms with Crippen molar-refractivity contribution in [2.24, 2.45) is 0 Å². The Morgan fingerprint density at radius 3 is 2.58 bits per heavy atom. The maximum absolute atomic E-state index is 5.23. The summed E-state index contributed by atoms with van der Waals surface area (Å²) in [6.45, 7) is 1.47. The Balaban J connectivity index is 2.05. The molecular formula is C16H19NOS. The standard InChI is InChI=1S/C16H19NOS/c1-18-12-14-7-4-3-6-13(14)11-17-15-8-5-9-16(10-15)19-2/h3-10,17H,11-12H2,1-2H3. The molecule has 0 saturated heterocycles. The average Bonchev–Trinajstić information content (AvgIpc) is 2.47. The Labute approximate surface area is 119 Å². The van der Waals surface area contributed by atoms with Gasteiger partial charge in [0.2, 0.25) is 0 Å². The molecule has 0 aromatic heterocycles. The minimum absolute atomic E-state index is 0.655. The molecule has 0 radical (unpaired) electrons. The first-order valence-corrected chi connectivity index (χ1v) is 7.49. The molecule has 2 aromatic carbocycles. The minimum atomic E-state index is 0.655. The number of hydrogen-bond donors (Lipinski definition) is 1. The third-order valence-electron chi connectivity index (χ3n) is 2.97. The maximum atomic E-state index is 5.23. The summed E-state index contributed by atoms with van der Waals surface area (Å²) in [7, 11) is 1.73. The molecule has 2 aromatic rings. The highest BCUT2D eigenvalue weighted by Crippen LogP contribution is 2.20. The number of nitrogens with one attached hydrogen (secondary N) is 1. The summed E-state index contributed by atoms with van der Waals surface area (Å²) in [4.78, 5) is 1.27. The lowest BCUT2D eigenvalue weighted by molar-refractivity contribution is 0.184. The van der Waals surface area contributed by atoms with Gasteiger partial charge in [-0.05, 0) is 35.6 Å². The Kier molecular flexibility index (Phi) is 5.31. The van der Waals surface area contributed by atoms with E-state index < -0.39 is 0 Å². The molecule has 0 aliphatic carbocycles. The molecule has 0 fully saturated rings. The lowest BCUT2D eigenvalue weighted by Gasteiger charge is -2.11. The van der Waals surface area contributed by atoms with Crippen LogP contribution in [0.4, 0.5) is 5.69 Å². The van der Waals surface area contributed by atoms with Crippen LogP contribution in [0.2, 0.25) is 0 Å². The van der Waals surface area contributed by atoms with E-state index in [1.54, 1.807) is 18.9 Å². The normalized spacial score (nSPS) is 10.4. The molecule has 1 N–H and O–H groups in total. The molecule has 2 rings (SSSR count). The van der Waals surface area contributed by atoms with E-state index in [1.807, 2.05) is 6.07 Å². The summed E-state index contributed by atoms with van der Waals surface area (Å²) in [6.07, 6.45) is 2.09. The summed E-state index contributed by atoms with van der Waals surface area (Å²) < 4.78 is 5.23. The van der Waals surface area contributed by atoms with E-state index in [1.165, 1.54) is 16.0 Å². The fourth-order valence-electron chi connectivity index (χ4n) is 1.96. The maximum Gasteiger partial charge on any atom is 0.0716 e. The molecule has 0 bridgehead atoms. The fourth-order valence-corrected chi connectivity index (χ4v) is 2.42. The molecule has 0 spiro atoms. The van der Waals surface area contributed by atoms with Crippen molar-refractivity contribution in [3.63, 3.8) is 0 Å². The average molecular weight is 273 g/mol. The van der Waals surface area contributed by atoms with E-state index in [4.69, 9.17) is 4.74 Å². The number of thioether (sulfide) groups is 1. The van der Waals surface area contributed by atoms with Crippen molar-refractivity contribution in [2.45, 2.75) is 18.0 Å². The molecule has 0 unspecified atom stereocenters. The van der Waals surface area contributed by atoms with Crippen LogP contribution in [-0.2, 0) is 17.9 Å². The third kappa shape index (κ3) is 4.01. The topological polar surface area (TPSA) is 21.3 Å². The van der Waals surface area contributed by atoms with Gasteiger partial charge in [-0.1, -0.05) is 30.3 Å². The van der Waals surface area contributed by atoms with Gasteiger partial charge >= 0.3 is 0 Å². The van der Waals surface area contributed by atoms with Crippen LogP contribution in [0.5, 0.6) is 0 Å². The third-order valence-corrected chi connectivity index (χ3v) is 3.70. The molecule has 19 heavy (non-hydrogen) atoms. The molecule has 0 saturated carbocycles. The number of anilines is 1. The predicted octanol–water partition coefficient (Wildman–Crippen LogP) is 4.17. The second kappa shape index (κ2) is 7.22. The zero-order chi connectivity index (χ0) is 13.5. The van der Waals surface area contributed by atoms with Crippen LogP contribution in [0.25, 0.3) is 0 Å².